The summed E-state index contributed by atoms with van der Waals surface area (Å²) in [6.45, 7) is 2.61. The summed E-state index contributed by atoms with van der Waals surface area (Å²) in [5.41, 5.74) is 2.97. The molecular formula is C14H16FNO. The third kappa shape index (κ3) is 2.38. The Morgan fingerprint density at radius 3 is 2.94 bits per heavy atom. The first-order valence-electron chi connectivity index (χ1n) is 5.86. The maximum Gasteiger partial charge on any atom is 0.246 e. The average Bonchev–Trinajstić information content (AvgIpc) is 2.71. The molecule has 0 atom stereocenters. The van der Waals surface area contributed by atoms with Gasteiger partial charge in [0.2, 0.25) is 5.91 Å². The maximum absolute atomic E-state index is 13.2. The Morgan fingerprint density at radius 1 is 1.47 bits per heavy atom. The SMILES string of the molecule is CCN(C)C(=O)/C=C1\CCc2ccc(F)cc21. The fraction of sp³-hybridized carbons (Fsp3) is 0.357. The fourth-order valence-corrected chi connectivity index (χ4v) is 2.03. The van der Waals surface area contributed by atoms with E-state index in [2.05, 4.69) is 0 Å². The van der Waals surface area contributed by atoms with Crippen molar-refractivity contribution in [3.05, 3.63) is 41.2 Å². The summed E-state index contributed by atoms with van der Waals surface area (Å²) in [5.74, 6) is -0.257. The van der Waals surface area contributed by atoms with Crippen molar-refractivity contribution >= 4 is 11.5 Å². The molecule has 0 fully saturated rings. The van der Waals surface area contributed by atoms with Gasteiger partial charge in [-0.15, -0.1) is 0 Å². The normalized spacial score (nSPS) is 16.1. The van der Waals surface area contributed by atoms with Crippen LogP contribution in [0.25, 0.3) is 5.57 Å². The van der Waals surface area contributed by atoms with Gasteiger partial charge in [-0.2, -0.15) is 0 Å². The molecule has 1 aliphatic carbocycles. The highest BCUT2D eigenvalue weighted by molar-refractivity contribution is 5.96. The fourth-order valence-electron chi connectivity index (χ4n) is 2.03. The van der Waals surface area contributed by atoms with Crippen LogP contribution in [0, 0.1) is 5.82 Å². The van der Waals surface area contributed by atoms with E-state index in [4.69, 9.17) is 0 Å². The second kappa shape index (κ2) is 4.70. The third-order valence-corrected chi connectivity index (χ3v) is 3.23. The number of fused-ring (bicyclic) bond motifs is 1. The predicted molar refractivity (Wildman–Crippen MR) is 66.0 cm³/mol. The Labute approximate surface area is 101 Å². The number of rotatable bonds is 2. The van der Waals surface area contributed by atoms with Crippen LogP contribution in [0.3, 0.4) is 0 Å². The molecule has 1 aromatic carbocycles. The van der Waals surface area contributed by atoms with Crippen molar-refractivity contribution in [3.63, 3.8) is 0 Å². The molecule has 90 valence electrons. The van der Waals surface area contributed by atoms with E-state index >= 15 is 0 Å². The molecule has 2 rings (SSSR count). The number of benzene rings is 1. The number of hydrogen-bond donors (Lipinski definition) is 0. The molecule has 0 N–H and O–H groups in total. The van der Waals surface area contributed by atoms with Gasteiger partial charge in [0.25, 0.3) is 0 Å². The minimum atomic E-state index is -0.243. The van der Waals surface area contributed by atoms with E-state index in [-0.39, 0.29) is 11.7 Å². The molecule has 0 saturated heterocycles. The molecule has 3 heteroatoms. The summed E-state index contributed by atoms with van der Waals surface area (Å²) in [6, 6.07) is 4.80. The van der Waals surface area contributed by atoms with Crippen LogP contribution in [0.15, 0.2) is 24.3 Å². The molecule has 0 spiro atoms. The number of amides is 1. The van der Waals surface area contributed by atoms with Crippen molar-refractivity contribution in [2.75, 3.05) is 13.6 Å². The van der Waals surface area contributed by atoms with Gasteiger partial charge in [0, 0.05) is 19.7 Å². The third-order valence-electron chi connectivity index (χ3n) is 3.23. The van der Waals surface area contributed by atoms with Crippen LogP contribution in [0.2, 0.25) is 0 Å². The van der Waals surface area contributed by atoms with Crippen LogP contribution in [0.5, 0.6) is 0 Å². The van der Waals surface area contributed by atoms with Gasteiger partial charge in [0.1, 0.15) is 5.82 Å². The zero-order valence-electron chi connectivity index (χ0n) is 10.2. The summed E-state index contributed by atoms with van der Waals surface area (Å²) in [7, 11) is 1.76. The minimum absolute atomic E-state index is 0.0142. The highest BCUT2D eigenvalue weighted by Crippen LogP contribution is 2.32. The lowest BCUT2D eigenvalue weighted by Gasteiger charge is -2.12. The highest BCUT2D eigenvalue weighted by atomic mass is 19.1. The van der Waals surface area contributed by atoms with E-state index in [1.54, 1.807) is 24.1 Å². The lowest BCUT2D eigenvalue weighted by Crippen LogP contribution is -2.24. The first-order valence-corrected chi connectivity index (χ1v) is 5.86. The van der Waals surface area contributed by atoms with Crippen LogP contribution in [-0.4, -0.2) is 24.4 Å². The van der Waals surface area contributed by atoms with E-state index in [9.17, 15) is 9.18 Å². The van der Waals surface area contributed by atoms with Crippen LogP contribution in [0.4, 0.5) is 4.39 Å². The van der Waals surface area contributed by atoms with Gasteiger partial charge >= 0.3 is 0 Å². The topological polar surface area (TPSA) is 20.3 Å². The molecule has 1 aromatic rings. The van der Waals surface area contributed by atoms with Gasteiger partial charge in [0.15, 0.2) is 0 Å². The molecule has 0 radical (unpaired) electrons. The number of halogens is 1. The van der Waals surface area contributed by atoms with Crippen molar-refractivity contribution in [2.45, 2.75) is 19.8 Å². The number of hydrogen-bond acceptors (Lipinski definition) is 1. The van der Waals surface area contributed by atoms with Gasteiger partial charge < -0.3 is 4.90 Å². The van der Waals surface area contributed by atoms with Gasteiger partial charge in [-0.3, -0.25) is 4.79 Å². The zero-order chi connectivity index (χ0) is 12.4. The zero-order valence-corrected chi connectivity index (χ0v) is 10.2. The molecule has 1 amide bonds. The van der Waals surface area contributed by atoms with E-state index in [1.807, 2.05) is 6.92 Å². The minimum Gasteiger partial charge on any atom is -0.342 e. The molecule has 1 aliphatic rings. The number of carbonyl (C=O) groups is 1. The van der Waals surface area contributed by atoms with Gasteiger partial charge in [-0.25, -0.2) is 4.39 Å². The number of allylic oxidation sites excluding steroid dienone is 1. The molecule has 17 heavy (non-hydrogen) atoms. The van der Waals surface area contributed by atoms with Gasteiger partial charge in [-0.1, -0.05) is 6.07 Å². The molecule has 0 bridgehead atoms. The molecular weight excluding hydrogens is 217 g/mol. The Morgan fingerprint density at radius 2 is 2.24 bits per heavy atom. The van der Waals surface area contributed by atoms with Gasteiger partial charge in [-0.05, 0) is 48.6 Å². The summed E-state index contributed by atoms with van der Waals surface area (Å²) >= 11 is 0. The van der Waals surface area contributed by atoms with Crippen molar-refractivity contribution in [1.29, 1.82) is 0 Å². The highest BCUT2D eigenvalue weighted by Gasteiger charge is 2.18. The second-order valence-corrected chi connectivity index (χ2v) is 4.32. The van der Waals surface area contributed by atoms with E-state index in [0.717, 1.165) is 29.5 Å². The van der Waals surface area contributed by atoms with Crippen molar-refractivity contribution < 1.29 is 9.18 Å². The summed E-state index contributed by atoms with van der Waals surface area (Å²) in [6.07, 6.45) is 3.35. The average molecular weight is 233 g/mol. The largest absolute Gasteiger partial charge is 0.342 e. The lowest BCUT2D eigenvalue weighted by molar-refractivity contribution is -0.124. The molecule has 0 saturated carbocycles. The van der Waals surface area contributed by atoms with Crippen LogP contribution < -0.4 is 0 Å². The maximum atomic E-state index is 13.2. The monoisotopic (exact) mass is 233 g/mol. The smallest absolute Gasteiger partial charge is 0.246 e. The first-order chi connectivity index (χ1) is 8.11. The van der Waals surface area contributed by atoms with Crippen molar-refractivity contribution in [3.8, 4) is 0 Å². The molecule has 2 nitrogen and oxygen atoms in total. The van der Waals surface area contributed by atoms with Crippen molar-refractivity contribution in [2.24, 2.45) is 0 Å². The van der Waals surface area contributed by atoms with Crippen LogP contribution in [0.1, 0.15) is 24.5 Å². The van der Waals surface area contributed by atoms with E-state index in [1.165, 1.54) is 12.1 Å². The molecule has 0 aromatic heterocycles. The number of aryl methyl sites for hydroxylation is 1. The Hall–Kier alpha value is -1.64. The van der Waals surface area contributed by atoms with Crippen molar-refractivity contribution in [1.82, 2.24) is 4.90 Å². The lowest BCUT2D eigenvalue weighted by atomic mass is 10.1. The summed E-state index contributed by atoms with van der Waals surface area (Å²) in [4.78, 5) is 13.4. The first kappa shape index (κ1) is 11.8. The number of carbonyl (C=O) groups excluding carboxylic acids is 1. The number of likely N-dealkylation sites (N-methyl/N-ethyl adjacent to an activating group) is 1. The summed E-state index contributed by atoms with van der Waals surface area (Å²) < 4.78 is 13.2. The number of nitrogens with zero attached hydrogens (tertiary/aromatic N) is 1. The standard InChI is InChI=1S/C14H16FNO/c1-3-16(2)14(17)8-11-5-4-10-6-7-12(15)9-13(10)11/h6-9H,3-5H2,1-2H3/b11-8+. The second-order valence-electron chi connectivity index (χ2n) is 4.32. The Bertz CT molecular complexity index is 479. The van der Waals surface area contributed by atoms with Gasteiger partial charge in [0.05, 0.1) is 0 Å². The molecule has 0 unspecified atom stereocenters. The van der Waals surface area contributed by atoms with Crippen LogP contribution in [-0.2, 0) is 11.2 Å². The molecule has 0 aliphatic heterocycles. The van der Waals surface area contributed by atoms with E-state index < -0.39 is 0 Å². The Kier molecular flexibility index (Phi) is 3.27. The molecule has 0 heterocycles. The quantitative estimate of drug-likeness (QED) is 0.719. The van der Waals surface area contributed by atoms with Crippen LogP contribution >= 0.6 is 0 Å². The summed E-state index contributed by atoms with van der Waals surface area (Å²) in [5, 5.41) is 0. The van der Waals surface area contributed by atoms with E-state index in [0.29, 0.717) is 6.54 Å². The predicted octanol–water partition coefficient (Wildman–Crippen LogP) is 2.63. The Balaban J connectivity index is 2.30.